The van der Waals surface area contributed by atoms with Crippen molar-refractivity contribution in [1.82, 2.24) is 5.32 Å². The van der Waals surface area contributed by atoms with Crippen LogP contribution in [0.3, 0.4) is 0 Å². The minimum absolute atomic E-state index is 0.370. The van der Waals surface area contributed by atoms with Gasteiger partial charge in [-0.25, -0.2) is 4.79 Å². The molecule has 1 heterocycles. The van der Waals surface area contributed by atoms with E-state index in [1.165, 1.54) is 0 Å². The van der Waals surface area contributed by atoms with E-state index >= 15 is 0 Å². The molecular weight excluding hydrogens is 234 g/mol. The highest BCUT2D eigenvalue weighted by molar-refractivity contribution is 5.68. The Morgan fingerprint density at radius 1 is 1.50 bits per heavy atom. The van der Waals surface area contributed by atoms with E-state index in [0.29, 0.717) is 19.6 Å². The van der Waals surface area contributed by atoms with E-state index in [1.54, 1.807) is 0 Å². The Hall–Kier alpha value is -1.10. The first-order valence-corrected chi connectivity index (χ1v) is 6.39. The van der Waals surface area contributed by atoms with Gasteiger partial charge in [0.25, 0.3) is 0 Å². The fourth-order valence-electron chi connectivity index (χ4n) is 2.01. The van der Waals surface area contributed by atoms with Crippen molar-refractivity contribution < 1.29 is 19.1 Å². The lowest BCUT2D eigenvalue weighted by molar-refractivity contribution is -0.108. The summed E-state index contributed by atoms with van der Waals surface area (Å²) < 4.78 is 10.6. The number of carbonyl (C=O) groups excluding carboxylic acids is 2. The van der Waals surface area contributed by atoms with Gasteiger partial charge in [-0.2, -0.15) is 0 Å². The standard InChI is InChI=1S/C13H23NO4/c1-12(2,3)18-11(16)14-13(6-4-5-8-15)7-9-17-10-13/h8H,4-7,9-10H2,1-3H3,(H,14,16). The minimum Gasteiger partial charge on any atom is -0.444 e. The summed E-state index contributed by atoms with van der Waals surface area (Å²) in [6.07, 6.45) is 3.26. The number of hydrogen-bond donors (Lipinski definition) is 1. The lowest BCUT2D eigenvalue weighted by Crippen LogP contribution is -2.50. The van der Waals surface area contributed by atoms with Gasteiger partial charge in [-0.3, -0.25) is 0 Å². The molecule has 1 aliphatic heterocycles. The molecule has 1 N–H and O–H groups in total. The van der Waals surface area contributed by atoms with Crippen LogP contribution in [0.5, 0.6) is 0 Å². The molecule has 1 amide bonds. The molecule has 0 aromatic rings. The Labute approximate surface area is 108 Å². The molecule has 0 aromatic carbocycles. The second kappa shape index (κ2) is 6.18. The topological polar surface area (TPSA) is 64.6 Å². The van der Waals surface area contributed by atoms with E-state index < -0.39 is 11.7 Å². The molecule has 1 atom stereocenters. The van der Waals surface area contributed by atoms with Gasteiger partial charge < -0.3 is 19.6 Å². The maximum atomic E-state index is 11.8. The summed E-state index contributed by atoms with van der Waals surface area (Å²) in [5, 5.41) is 2.91. The predicted octanol–water partition coefficient (Wildman–Crippen LogP) is 2.04. The van der Waals surface area contributed by atoms with Crippen LogP contribution < -0.4 is 5.32 Å². The molecule has 104 valence electrons. The largest absolute Gasteiger partial charge is 0.444 e. The zero-order chi connectivity index (χ0) is 13.6. The van der Waals surface area contributed by atoms with Crippen molar-refractivity contribution in [3.63, 3.8) is 0 Å². The summed E-state index contributed by atoms with van der Waals surface area (Å²) >= 11 is 0. The molecule has 5 heteroatoms. The van der Waals surface area contributed by atoms with Crippen molar-refractivity contribution in [2.24, 2.45) is 0 Å². The highest BCUT2D eigenvalue weighted by Gasteiger charge is 2.37. The highest BCUT2D eigenvalue weighted by Crippen LogP contribution is 2.25. The van der Waals surface area contributed by atoms with Gasteiger partial charge in [-0.15, -0.1) is 0 Å². The third-order valence-corrected chi connectivity index (χ3v) is 2.85. The Kier molecular flexibility index (Phi) is 5.14. The zero-order valence-electron chi connectivity index (χ0n) is 11.5. The molecule has 0 aliphatic carbocycles. The van der Waals surface area contributed by atoms with Gasteiger partial charge in [0, 0.05) is 13.0 Å². The Morgan fingerprint density at radius 3 is 2.72 bits per heavy atom. The first-order chi connectivity index (χ1) is 8.37. The summed E-state index contributed by atoms with van der Waals surface area (Å²) in [5.41, 5.74) is -0.876. The zero-order valence-corrected chi connectivity index (χ0v) is 11.5. The first kappa shape index (κ1) is 15.0. The van der Waals surface area contributed by atoms with E-state index in [4.69, 9.17) is 9.47 Å². The average molecular weight is 257 g/mol. The second-order valence-corrected chi connectivity index (χ2v) is 5.77. The van der Waals surface area contributed by atoms with Crippen LogP contribution in [0.4, 0.5) is 4.79 Å². The lowest BCUT2D eigenvalue weighted by atomic mass is 9.92. The number of hydrogen-bond acceptors (Lipinski definition) is 4. The smallest absolute Gasteiger partial charge is 0.408 e. The van der Waals surface area contributed by atoms with Gasteiger partial charge >= 0.3 is 6.09 Å². The van der Waals surface area contributed by atoms with Gasteiger partial charge in [-0.1, -0.05) is 0 Å². The number of unbranched alkanes of at least 4 members (excludes halogenated alkanes) is 1. The monoisotopic (exact) mass is 257 g/mol. The number of amides is 1. The molecule has 18 heavy (non-hydrogen) atoms. The van der Waals surface area contributed by atoms with Crippen molar-refractivity contribution in [1.29, 1.82) is 0 Å². The fraction of sp³-hybridized carbons (Fsp3) is 0.846. The fourth-order valence-corrected chi connectivity index (χ4v) is 2.01. The number of carbonyl (C=O) groups is 2. The second-order valence-electron chi connectivity index (χ2n) is 5.77. The van der Waals surface area contributed by atoms with Crippen molar-refractivity contribution in [3.8, 4) is 0 Å². The van der Waals surface area contributed by atoms with Crippen LogP contribution in [0, 0.1) is 0 Å². The molecule has 5 nitrogen and oxygen atoms in total. The molecule has 0 bridgehead atoms. The van der Waals surface area contributed by atoms with E-state index in [0.717, 1.165) is 25.5 Å². The quantitative estimate of drug-likeness (QED) is 0.604. The third kappa shape index (κ3) is 5.04. The number of nitrogens with one attached hydrogen (secondary N) is 1. The van der Waals surface area contributed by atoms with Crippen LogP contribution in [0.15, 0.2) is 0 Å². The maximum Gasteiger partial charge on any atom is 0.408 e. The Bertz CT molecular complexity index is 290. The van der Waals surface area contributed by atoms with E-state index in [-0.39, 0.29) is 5.54 Å². The molecule has 0 aromatic heterocycles. The molecule has 0 radical (unpaired) electrons. The normalized spacial score (nSPS) is 23.7. The van der Waals surface area contributed by atoms with Crippen LogP contribution in [0.1, 0.15) is 46.5 Å². The molecule has 0 spiro atoms. The van der Waals surface area contributed by atoms with Gasteiger partial charge in [-0.05, 0) is 40.0 Å². The van der Waals surface area contributed by atoms with Gasteiger partial charge in [0.05, 0.1) is 12.1 Å². The van der Waals surface area contributed by atoms with E-state index in [2.05, 4.69) is 5.32 Å². The van der Waals surface area contributed by atoms with Crippen molar-refractivity contribution >= 4 is 12.4 Å². The summed E-state index contributed by atoms with van der Waals surface area (Å²) in [6, 6.07) is 0. The Morgan fingerprint density at radius 2 is 2.22 bits per heavy atom. The van der Waals surface area contributed by atoms with E-state index in [1.807, 2.05) is 20.8 Å². The average Bonchev–Trinajstić information content (AvgIpc) is 2.64. The van der Waals surface area contributed by atoms with Crippen molar-refractivity contribution in [2.45, 2.75) is 57.6 Å². The highest BCUT2D eigenvalue weighted by atomic mass is 16.6. The van der Waals surface area contributed by atoms with Gasteiger partial charge in [0.15, 0.2) is 0 Å². The molecule has 1 aliphatic rings. The molecular formula is C13H23NO4. The van der Waals surface area contributed by atoms with Gasteiger partial charge in [0.1, 0.15) is 11.9 Å². The summed E-state index contributed by atoms with van der Waals surface area (Å²) in [5.74, 6) is 0. The van der Waals surface area contributed by atoms with Crippen LogP contribution >= 0.6 is 0 Å². The van der Waals surface area contributed by atoms with Gasteiger partial charge in [0.2, 0.25) is 0 Å². The van der Waals surface area contributed by atoms with Crippen LogP contribution in [0.2, 0.25) is 0 Å². The molecule has 1 rings (SSSR count). The maximum absolute atomic E-state index is 11.8. The number of alkyl carbamates (subject to hydrolysis) is 1. The molecule has 1 unspecified atom stereocenters. The van der Waals surface area contributed by atoms with Crippen molar-refractivity contribution in [3.05, 3.63) is 0 Å². The first-order valence-electron chi connectivity index (χ1n) is 6.39. The van der Waals surface area contributed by atoms with Crippen LogP contribution in [0.25, 0.3) is 0 Å². The third-order valence-electron chi connectivity index (χ3n) is 2.85. The summed E-state index contributed by atoms with van der Waals surface area (Å²) in [4.78, 5) is 22.1. The molecule has 0 saturated carbocycles. The van der Waals surface area contributed by atoms with E-state index in [9.17, 15) is 9.59 Å². The minimum atomic E-state index is -0.506. The lowest BCUT2D eigenvalue weighted by Gasteiger charge is -2.30. The number of aldehydes is 1. The Balaban J connectivity index is 2.51. The SMILES string of the molecule is CC(C)(C)OC(=O)NC1(CCCC=O)CCOC1. The van der Waals surface area contributed by atoms with Crippen LogP contribution in [-0.4, -0.2) is 36.7 Å². The molecule has 1 saturated heterocycles. The summed E-state index contributed by atoms with van der Waals surface area (Å²) in [7, 11) is 0. The summed E-state index contributed by atoms with van der Waals surface area (Å²) in [6.45, 7) is 6.62. The van der Waals surface area contributed by atoms with Crippen LogP contribution in [-0.2, 0) is 14.3 Å². The number of rotatable bonds is 5. The predicted molar refractivity (Wildman–Crippen MR) is 67.5 cm³/mol. The number of ether oxygens (including phenoxy) is 2. The molecule has 1 fully saturated rings. The van der Waals surface area contributed by atoms with Crippen molar-refractivity contribution in [2.75, 3.05) is 13.2 Å².